The van der Waals surface area contributed by atoms with Crippen molar-refractivity contribution < 1.29 is 9.18 Å². The van der Waals surface area contributed by atoms with Crippen LogP contribution in [0.15, 0.2) is 66.0 Å². The number of amides is 1. The number of halogens is 2. The van der Waals surface area contributed by atoms with Crippen molar-refractivity contribution in [1.82, 2.24) is 14.9 Å². The van der Waals surface area contributed by atoms with Crippen LogP contribution in [-0.2, 0) is 4.79 Å². The monoisotopic (exact) mass is 483 g/mol. The van der Waals surface area contributed by atoms with Crippen molar-refractivity contribution in [2.24, 2.45) is 0 Å². The van der Waals surface area contributed by atoms with Gasteiger partial charge in [0.1, 0.15) is 18.0 Å². The highest BCUT2D eigenvalue weighted by Gasteiger charge is 2.12. The molecule has 0 spiro atoms. The Labute approximate surface area is 200 Å². The zero-order chi connectivity index (χ0) is 23.2. The second-order valence-corrected chi connectivity index (χ2v) is 8.71. The number of benzene rings is 2. The fourth-order valence-corrected chi connectivity index (χ4v) is 4.23. The van der Waals surface area contributed by atoms with Gasteiger partial charge >= 0.3 is 0 Å². The van der Waals surface area contributed by atoms with Crippen LogP contribution < -0.4 is 10.6 Å². The van der Waals surface area contributed by atoms with Gasteiger partial charge in [0.05, 0.1) is 16.2 Å². The molecule has 9 heteroatoms. The van der Waals surface area contributed by atoms with Gasteiger partial charge in [0.2, 0.25) is 5.91 Å². The molecule has 1 aliphatic heterocycles. The smallest absolute Gasteiger partial charge is 0.248 e. The maximum atomic E-state index is 13.5. The molecule has 2 aromatic carbocycles. The van der Waals surface area contributed by atoms with E-state index in [4.69, 9.17) is 11.6 Å². The van der Waals surface area contributed by atoms with E-state index in [9.17, 15) is 9.18 Å². The first kappa shape index (κ1) is 23.1. The SMILES string of the molecule is CSc1cc2ncnc(Nc3ccc(F)c(Cl)c3)c2cc1NC(=O)C=CCN1C=CCCC1. The number of thioether (sulfide) groups is 1. The molecule has 1 amide bonds. The van der Waals surface area contributed by atoms with Gasteiger partial charge in [-0.1, -0.05) is 23.8 Å². The van der Waals surface area contributed by atoms with Crippen molar-refractivity contribution in [2.75, 3.05) is 30.0 Å². The minimum atomic E-state index is -0.492. The summed E-state index contributed by atoms with van der Waals surface area (Å²) in [7, 11) is 0. The molecular weight excluding hydrogens is 461 g/mol. The number of allylic oxidation sites excluding steroid dienone is 1. The van der Waals surface area contributed by atoms with Crippen molar-refractivity contribution in [3.63, 3.8) is 0 Å². The van der Waals surface area contributed by atoms with E-state index >= 15 is 0 Å². The molecular formula is C24H23ClFN5OS. The number of carbonyl (C=O) groups excluding carboxylic acids is 1. The second-order valence-electron chi connectivity index (χ2n) is 7.46. The van der Waals surface area contributed by atoms with Crippen molar-refractivity contribution in [2.45, 2.75) is 17.7 Å². The number of aromatic nitrogens is 2. The lowest BCUT2D eigenvalue weighted by molar-refractivity contribution is -0.111. The molecule has 1 aliphatic rings. The zero-order valence-corrected chi connectivity index (χ0v) is 19.6. The highest BCUT2D eigenvalue weighted by atomic mass is 35.5. The van der Waals surface area contributed by atoms with E-state index in [-0.39, 0.29) is 10.9 Å². The highest BCUT2D eigenvalue weighted by molar-refractivity contribution is 7.98. The van der Waals surface area contributed by atoms with Crippen molar-refractivity contribution in [1.29, 1.82) is 0 Å². The minimum absolute atomic E-state index is 0.0165. The standard InChI is InChI=1S/C24H23ClFN5OS/c1-33-22-14-20-17(24(28-15-27-20)29-16-7-8-19(26)18(25)12-16)13-21(22)30-23(32)6-5-11-31-9-3-2-4-10-31/h3,5-9,12-15H,2,4,10-11H2,1H3,(H,30,32)(H,27,28,29). The average molecular weight is 484 g/mol. The summed E-state index contributed by atoms with van der Waals surface area (Å²) in [5, 5.41) is 6.85. The number of fused-ring (bicyclic) bond motifs is 1. The van der Waals surface area contributed by atoms with Gasteiger partial charge < -0.3 is 15.5 Å². The lowest BCUT2D eigenvalue weighted by Crippen LogP contribution is -2.21. The summed E-state index contributed by atoms with van der Waals surface area (Å²) in [5.74, 6) is -0.172. The van der Waals surface area contributed by atoms with Crippen LogP contribution in [0.5, 0.6) is 0 Å². The first-order valence-corrected chi connectivity index (χ1v) is 12.1. The van der Waals surface area contributed by atoms with Gasteiger partial charge in [-0.15, -0.1) is 11.8 Å². The van der Waals surface area contributed by atoms with Crippen molar-refractivity contribution in [3.8, 4) is 0 Å². The van der Waals surface area contributed by atoms with Crippen molar-refractivity contribution in [3.05, 3.63) is 71.9 Å². The zero-order valence-electron chi connectivity index (χ0n) is 18.0. The van der Waals surface area contributed by atoms with Gasteiger partial charge in [0, 0.05) is 35.1 Å². The first-order valence-electron chi connectivity index (χ1n) is 10.5. The predicted molar refractivity (Wildman–Crippen MR) is 134 cm³/mol. The van der Waals surface area contributed by atoms with Gasteiger partial charge in [-0.05, 0) is 55.6 Å². The molecule has 2 heterocycles. The van der Waals surface area contributed by atoms with Gasteiger partial charge in [0.15, 0.2) is 0 Å². The maximum Gasteiger partial charge on any atom is 0.248 e. The number of hydrogen-bond donors (Lipinski definition) is 2. The number of hydrogen-bond acceptors (Lipinski definition) is 6. The Balaban J connectivity index is 1.56. The topological polar surface area (TPSA) is 70.1 Å². The quantitative estimate of drug-likeness (QED) is 0.317. The largest absolute Gasteiger partial charge is 0.374 e. The highest BCUT2D eigenvalue weighted by Crippen LogP contribution is 2.33. The molecule has 0 atom stereocenters. The predicted octanol–water partition coefficient (Wildman–Crippen LogP) is 5.99. The van der Waals surface area contributed by atoms with E-state index in [0.717, 1.165) is 29.8 Å². The normalized spacial score (nSPS) is 13.6. The Kier molecular flexibility index (Phi) is 7.47. The van der Waals surface area contributed by atoms with E-state index < -0.39 is 5.82 Å². The molecule has 4 rings (SSSR count). The number of anilines is 3. The molecule has 33 heavy (non-hydrogen) atoms. The number of rotatable bonds is 7. The van der Waals surface area contributed by atoms with Gasteiger partial charge in [-0.2, -0.15) is 0 Å². The summed E-state index contributed by atoms with van der Waals surface area (Å²) in [4.78, 5) is 24.3. The molecule has 0 unspecified atom stereocenters. The Hall–Kier alpha value is -3.10. The van der Waals surface area contributed by atoms with Crippen LogP contribution in [-0.4, -0.2) is 40.1 Å². The maximum absolute atomic E-state index is 13.5. The van der Waals surface area contributed by atoms with Crippen molar-refractivity contribution >= 4 is 57.4 Å². The van der Waals surface area contributed by atoms with Crippen LogP contribution in [0.3, 0.4) is 0 Å². The van der Waals surface area contributed by atoms with E-state index in [1.54, 1.807) is 12.1 Å². The molecule has 0 aliphatic carbocycles. The minimum Gasteiger partial charge on any atom is -0.374 e. The van der Waals surface area contributed by atoms with E-state index in [1.807, 2.05) is 24.5 Å². The lowest BCUT2D eigenvalue weighted by atomic mass is 10.2. The summed E-state index contributed by atoms with van der Waals surface area (Å²) in [6, 6.07) is 8.11. The summed E-state index contributed by atoms with van der Waals surface area (Å²) in [5.41, 5.74) is 1.98. The molecule has 2 N–H and O–H groups in total. The van der Waals surface area contributed by atoms with E-state index in [0.29, 0.717) is 29.1 Å². The summed E-state index contributed by atoms with van der Waals surface area (Å²) in [6.07, 6.45) is 13.3. The van der Waals surface area contributed by atoms with E-state index in [2.05, 4.69) is 37.8 Å². The molecule has 0 radical (unpaired) electrons. The molecule has 170 valence electrons. The third kappa shape index (κ3) is 5.83. The number of carbonyl (C=O) groups is 1. The third-order valence-corrected chi connectivity index (χ3v) is 6.21. The Morgan fingerprint density at radius 2 is 2.18 bits per heavy atom. The molecule has 1 aromatic heterocycles. The second kappa shape index (κ2) is 10.7. The number of nitrogens with one attached hydrogen (secondary N) is 2. The molecule has 6 nitrogen and oxygen atoms in total. The third-order valence-electron chi connectivity index (χ3n) is 5.14. The van der Waals surface area contributed by atoms with Crippen LogP contribution in [0.25, 0.3) is 10.9 Å². The first-order chi connectivity index (χ1) is 16.0. The molecule has 3 aromatic rings. The summed E-state index contributed by atoms with van der Waals surface area (Å²) < 4.78 is 13.5. The van der Waals surface area contributed by atoms with Gasteiger partial charge in [-0.3, -0.25) is 4.79 Å². The van der Waals surface area contributed by atoms with Crippen LogP contribution in [0.2, 0.25) is 5.02 Å². The molecule has 0 fully saturated rings. The molecule has 0 bridgehead atoms. The molecule has 0 saturated carbocycles. The van der Waals surface area contributed by atoms with Crippen LogP contribution in [0, 0.1) is 5.82 Å². The summed E-state index contributed by atoms with van der Waals surface area (Å²) >= 11 is 7.42. The molecule has 0 saturated heterocycles. The summed E-state index contributed by atoms with van der Waals surface area (Å²) in [6.45, 7) is 1.69. The Bertz CT molecular complexity index is 1230. The van der Waals surface area contributed by atoms with Crippen LogP contribution in [0.4, 0.5) is 21.6 Å². The van der Waals surface area contributed by atoms with Gasteiger partial charge in [0.25, 0.3) is 0 Å². The average Bonchev–Trinajstić information content (AvgIpc) is 2.82. The fourth-order valence-electron chi connectivity index (χ4n) is 3.49. The number of nitrogens with zero attached hydrogens (tertiary/aromatic N) is 3. The van der Waals surface area contributed by atoms with E-state index in [1.165, 1.54) is 30.2 Å². The van der Waals surface area contributed by atoms with Crippen LogP contribution in [0.1, 0.15) is 12.8 Å². The Morgan fingerprint density at radius 1 is 1.30 bits per heavy atom. The Morgan fingerprint density at radius 3 is 2.94 bits per heavy atom. The lowest BCUT2D eigenvalue weighted by Gasteiger charge is -2.21. The van der Waals surface area contributed by atoms with Crippen LogP contribution >= 0.6 is 23.4 Å². The fraction of sp³-hybridized carbons (Fsp3) is 0.208. The van der Waals surface area contributed by atoms with Gasteiger partial charge in [-0.25, -0.2) is 14.4 Å².